The van der Waals surface area contributed by atoms with E-state index in [1.54, 1.807) is 23.0 Å². The first-order valence-electron chi connectivity index (χ1n) is 9.54. The van der Waals surface area contributed by atoms with E-state index >= 15 is 0 Å². The number of hydrogen-bond acceptors (Lipinski definition) is 6. The third kappa shape index (κ3) is 3.44. The lowest BCUT2D eigenvalue weighted by molar-refractivity contribution is -0.121. The van der Waals surface area contributed by atoms with Gasteiger partial charge in [-0.25, -0.2) is 4.98 Å². The lowest BCUT2D eigenvalue weighted by Crippen LogP contribution is -2.36. The maximum Gasteiger partial charge on any atom is 0.265 e. The molecule has 2 atom stereocenters. The van der Waals surface area contributed by atoms with E-state index in [-0.39, 0.29) is 17.9 Å². The molecule has 1 N–H and O–H groups in total. The number of carbonyl (C=O) groups is 2. The second-order valence-corrected chi connectivity index (χ2v) is 9.63. The van der Waals surface area contributed by atoms with Crippen LogP contribution in [0.2, 0.25) is 0 Å². The van der Waals surface area contributed by atoms with Gasteiger partial charge in [0, 0.05) is 55.2 Å². The van der Waals surface area contributed by atoms with Crippen LogP contribution in [-0.4, -0.2) is 50.2 Å². The summed E-state index contributed by atoms with van der Waals surface area (Å²) in [4.78, 5) is 38.1. The van der Waals surface area contributed by atoms with Crippen LogP contribution in [0, 0.1) is 11.8 Å². The molecule has 7 nitrogen and oxygen atoms in total. The molecule has 28 heavy (non-hydrogen) atoms. The van der Waals surface area contributed by atoms with Crippen LogP contribution in [0.3, 0.4) is 0 Å². The molecule has 146 valence electrons. The first-order valence-corrected chi connectivity index (χ1v) is 11.2. The molecule has 1 aliphatic heterocycles. The van der Waals surface area contributed by atoms with Crippen molar-refractivity contribution in [3.63, 3.8) is 0 Å². The van der Waals surface area contributed by atoms with Gasteiger partial charge in [-0.3, -0.25) is 19.0 Å². The van der Waals surface area contributed by atoms with E-state index < -0.39 is 0 Å². The molecule has 2 amide bonds. The minimum Gasteiger partial charge on any atom is -0.353 e. The number of nitrogens with one attached hydrogen (secondary N) is 1. The van der Waals surface area contributed by atoms with E-state index in [1.807, 2.05) is 27.9 Å². The highest BCUT2D eigenvalue weighted by Gasteiger charge is 2.43. The fraction of sp³-hybridized carbons (Fsp3) is 0.474. The van der Waals surface area contributed by atoms with Gasteiger partial charge >= 0.3 is 0 Å². The fourth-order valence-electron chi connectivity index (χ4n) is 4.47. The topological polar surface area (TPSA) is 79.6 Å². The Morgan fingerprint density at radius 2 is 2.07 bits per heavy atom. The molecular weight excluding hydrogens is 394 g/mol. The molecule has 4 heterocycles. The van der Waals surface area contributed by atoms with Gasteiger partial charge in [0.2, 0.25) is 5.91 Å². The van der Waals surface area contributed by atoms with E-state index in [4.69, 9.17) is 0 Å². The van der Waals surface area contributed by atoms with Crippen LogP contribution in [0.5, 0.6) is 0 Å². The number of thiazole rings is 2. The minimum absolute atomic E-state index is 0.107. The molecule has 1 saturated heterocycles. The molecule has 0 bridgehead atoms. The Morgan fingerprint density at radius 1 is 1.25 bits per heavy atom. The second kappa shape index (κ2) is 7.29. The van der Waals surface area contributed by atoms with Gasteiger partial charge in [-0.05, 0) is 31.1 Å². The SMILES string of the molecule is O=C(CCc1cncs1)NC1CC2CN(C(=O)c3cn4ccnc4s3)CC2C1. The van der Waals surface area contributed by atoms with Gasteiger partial charge in [-0.2, -0.15) is 0 Å². The van der Waals surface area contributed by atoms with Crippen molar-refractivity contribution in [2.24, 2.45) is 11.8 Å². The number of aromatic nitrogens is 3. The molecule has 2 aliphatic rings. The summed E-state index contributed by atoms with van der Waals surface area (Å²) >= 11 is 3.03. The molecule has 3 aromatic rings. The van der Waals surface area contributed by atoms with Crippen molar-refractivity contribution < 1.29 is 9.59 Å². The zero-order chi connectivity index (χ0) is 19.1. The lowest BCUT2D eigenvalue weighted by atomic mass is 10.0. The summed E-state index contributed by atoms with van der Waals surface area (Å²) in [6.45, 7) is 1.58. The Morgan fingerprint density at radius 3 is 2.79 bits per heavy atom. The number of amides is 2. The largest absolute Gasteiger partial charge is 0.353 e. The summed E-state index contributed by atoms with van der Waals surface area (Å²) in [7, 11) is 0. The van der Waals surface area contributed by atoms with Crippen LogP contribution in [0.4, 0.5) is 0 Å². The Balaban J connectivity index is 1.12. The number of hydrogen-bond donors (Lipinski definition) is 1. The van der Waals surface area contributed by atoms with E-state index in [9.17, 15) is 9.59 Å². The normalized spacial score (nSPS) is 24.0. The summed E-state index contributed by atoms with van der Waals surface area (Å²) in [5.41, 5.74) is 1.80. The third-order valence-electron chi connectivity index (χ3n) is 5.79. The van der Waals surface area contributed by atoms with Crippen LogP contribution in [0.25, 0.3) is 4.96 Å². The summed E-state index contributed by atoms with van der Waals surface area (Å²) < 4.78 is 1.90. The van der Waals surface area contributed by atoms with Crippen molar-refractivity contribution in [3.05, 3.63) is 40.1 Å². The molecule has 1 saturated carbocycles. The number of nitrogens with zero attached hydrogens (tertiary/aromatic N) is 4. The van der Waals surface area contributed by atoms with E-state index in [0.717, 1.165) is 47.1 Å². The highest BCUT2D eigenvalue weighted by molar-refractivity contribution is 7.18. The molecule has 3 aromatic heterocycles. The lowest BCUT2D eigenvalue weighted by Gasteiger charge is -2.19. The average Bonchev–Trinajstić information content (AvgIpc) is 3.43. The quantitative estimate of drug-likeness (QED) is 0.694. The minimum atomic E-state index is 0.107. The molecular formula is C19H21N5O2S2. The van der Waals surface area contributed by atoms with Crippen LogP contribution in [-0.2, 0) is 11.2 Å². The summed E-state index contributed by atoms with van der Waals surface area (Å²) in [5, 5.41) is 3.19. The molecule has 2 unspecified atom stereocenters. The monoisotopic (exact) mass is 415 g/mol. The van der Waals surface area contributed by atoms with Gasteiger partial charge in [0.05, 0.1) is 5.51 Å². The van der Waals surface area contributed by atoms with Crippen molar-refractivity contribution in [1.82, 2.24) is 24.6 Å². The molecule has 5 rings (SSSR count). The standard InChI is InChI=1S/C19H21N5O2S2/c25-17(2-1-15-7-20-11-27-15)22-14-5-12-8-24(9-13(12)6-14)18(26)16-10-23-4-3-21-19(23)28-16/h3-4,7,10-14H,1-2,5-6,8-9H2,(H,22,25). The van der Waals surface area contributed by atoms with E-state index in [2.05, 4.69) is 15.3 Å². The maximum atomic E-state index is 12.8. The Bertz CT molecular complexity index is 953. The first kappa shape index (κ1) is 17.8. The highest BCUT2D eigenvalue weighted by Crippen LogP contribution is 2.39. The fourth-order valence-corrected chi connectivity index (χ4v) is 5.98. The van der Waals surface area contributed by atoms with Crippen molar-refractivity contribution in [2.45, 2.75) is 31.7 Å². The van der Waals surface area contributed by atoms with Crippen LogP contribution in [0.1, 0.15) is 33.8 Å². The number of aryl methyl sites for hydroxylation is 1. The van der Waals surface area contributed by atoms with Crippen LogP contribution < -0.4 is 5.32 Å². The van der Waals surface area contributed by atoms with E-state index in [0.29, 0.717) is 18.3 Å². The number of rotatable bonds is 5. The molecule has 0 radical (unpaired) electrons. The summed E-state index contributed by atoms with van der Waals surface area (Å²) in [6, 6.07) is 0.242. The number of fused-ring (bicyclic) bond motifs is 2. The average molecular weight is 416 g/mol. The summed E-state index contributed by atoms with van der Waals surface area (Å²) in [6.07, 6.45) is 10.5. The third-order valence-corrected chi connectivity index (χ3v) is 7.62. The number of carbonyl (C=O) groups excluding carboxylic acids is 2. The van der Waals surface area contributed by atoms with Crippen molar-refractivity contribution in [3.8, 4) is 0 Å². The van der Waals surface area contributed by atoms with Gasteiger partial charge in [0.1, 0.15) is 4.88 Å². The highest BCUT2D eigenvalue weighted by atomic mass is 32.1. The van der Waals surface area contributed by atoms with Gasteiger partial charge in [-0.1, -0.05) is 11.3 Å². The zero-order valence-electron chi connectivity index (χ0n) is 15.3. The molecule has 1 aliphatic carbocycles. The predicted octanol–water partition coefficient (Wildman–Crippen LogP) is 2.45. The van der Waals surface area contributed by atoms with Gasteiger partial charge in [0.25, 0.3) is 5.91 Å². The molecule has 2 fully saturated rings. The molecule has 0 spiro atoms. The number of imidazole rings is 1. The van der Waals surface area contributed by atoms with Crippen molar-refractivity contribution in [2.75, 3.05) is 13.1 Å². The van der Waals surface area contributed by atoms with Crippen molar-refractivity contribution in [1.29, 1.82) is 0 Å². The molecule has 9 heteroatoms. The molecule has 0 aromatic carbocycles. The number of likely N-dealkylation sites (tertiary alicyclic amines) is 1. The predicted molar refractivity (Wildman–Crippen MR) is 108 cm³/mol. The smallest absolute Gasteiger partial charge is 0.265 e. The van der Waals surface area contributed by atoms with Gasteiger partial charge in [0.15, 0.2) is 4.96 Å². The van der Waals surface area contributed by atoms with Gasteiger partial charge < -0.3 is 10.2 Å². The Kier molecular flexibility index (Phi) is 4.64. The zero-order valence-corrected chi connectivity index (χ0v) is 16.9. The van der Waals surface area contributed by atoms with E-state index in [1.165, 1.54) is 11.3 Å². The van der Waals surface area contributed by atoms with Crippen LogP contribution in [0.15, 0.2) is 30.3 Å². The van der Waals surface area contributed by atoms with Crippen molar-refractivity contribution >= 4 is 39.4 Å². The maximum absolute atomic E-state index is 12.8. The Hall–Kier alpha value is -2.26. The first-order chi connectivity index (χ1) is 13.7. The van der Waals surface area contributed by atoms with Crippen LogP contribution >= 0.6 is 22.7 Å². The van der Waals surface area contributed by atoms with Gasteiger partial charge in [-0.15, -0.1) is 11.3 Å². The summed E-state index contributed by atoms with van der Waals surface area (Å²) in [5.74, 6) is 1.20. The second-order valence-electron chi connectivity index (χ2n) is 7.65. The Labute approximate surface area is 170 Å².